The number of hydrogen-bond donors (Lipinski definition) is 2. The van der Waals surface area contributed by atoms with E-state index in [0.29, 0.717) is 17.0 Å². The predicted octanol–water partition coefficient (Wildman–Crippen LogP) is 4.60. The lowest BCUT2D eigenvalue weighted by atomic mass is 10.0. The molecule has 0 bridgehead atoms. The molecule has 9 heteroatoms. The van der Waals surface area contributed by atoms with Crippen LogP contribution in [0.2, 0.25) is 0 Å². The first kappa shape index (κ1) is 25.2. The van der Waals surface area contributed by atoms with E-state index in [4.69, 9.17) is 17.0 Å². The van der Waals surface area contributed by atoms with Gasteiger partial charge < -0.3 is 15.2 Å². The molecule has 36 heavy (non-hydrogen) atoms. The summed E-state index contributed by atoms with van der Waals surface area (Å²) in [6.45, 7) is -0.223. The second-order valence-corrected chi connectivity index (χ2v) is 9.51. The number of benzene rings is 3. The molecule has 0 aliphatic carbocycles. The number of amides is 2. The van der Waals surface area contributed by atoms with Gasteiger partial charge in [-0.15, -0.1) is 0 Å². The number of nitrogens with one attached hydrogen (secondary N) is 1. The standard InChI is InChI=1S/C27H22N2O5S2/c30-24(28-20-12-5-2-6-13-20)17-34-22-14-8-7-11-19(22)16-23-25(31)29(27(35)36-23)21(26(32)33)15-18-9-3-1-4-10-18/h1-14,16,21H,15,17H2,(H,28,30)(H,32,33)/b23-16-. The third-order valence-corrected chi connectivity index (χ3v) is 6.64. The molecule has 0 saturated carbocycles. The van der Waals surface area contributed by atoms with Gasteiger partial charge in [0.25, 0.3) is 11.8 Å². The summed E-state index contributed by atoms with van der Waals surface area (Å²) in [7, 11) is 0. The predicted molar refractivity (Wildman–Crippen MR) is 144 cm³/mol. The van der Waals surface area contributed by atoms with Crippen molar-refractivity contribution in [3.63, 3.8) is 0 Å². The van der Waals surface area contributed by atoms with Crippen LogP contribution in [-0.2, 0) is 20.8 Å². The van der Waals surface area contributed by atoms with Gasteiger partial charge in [0, 0.05) is 17.7 Å². The quantitative estimate of drug-likeness (QED) is 0.316. The van der Waals surface area contributed by atoms with Gasteiger partial charge in [-0.3, -0.25) is 14.5 Å². The van der Waals surface area contributed by atoms with Crippen molar-refractivity contribution < 1.29 is 24.2 Å². The first-order chi connectivity index (χ1) is 17.4. The first-order valence-corrected chi connectivity index (χ1v) is 12.3. The number of nitrogens with zero attached hydrogens (tertiary/aromatic N) is 1. The molecule has 1 aliphatic rings. The average Bonchev–Trinajstić information content (AvgIpc) is 3.15. The van der Waals surface area contributed by atoms with Gasteiger partial charge in [0.05, 0.1) is 4.91 Å². The SMILES string of the molecule is O=C(COc1ccccc1/C=C1\SC(=S)N(C(Cc2ccccc2)C(=O)O)C1=O)Nc1ccccc1. The van der Waals surface area contributed by atoms with Crippen molar-refractivity contribution in [1.29, 1.82) is 0 Å². The van der Waals surface area contributed by atoms with Crippen molar-refractivity contribution in [3.8, 4) is 5.75 Å². The molecule has 2 N–H and O–H groups in total. The van der Waals surface area contributed by atoms with Crippen LogP contribution in [0.1, 0.15) is 11.1 Å². The van der Waals surface area contributed by atoms with Crippen LogP contribution in [0.25, 0.3) is 6.08 Å². The number of rotatable bonds is 9. The number of carboxylic acids is 1. The highest BCUT2D eigenvalue weighted by Crippen LogP contribution is 2.36. The van der Waals surface area contributed by atoms with E-state index in [1.54, 1.807) is 42.5 Å². The van der Waals surface area contributed by atoms with Gasteiger partial charge in [0.1, 0.15) is 16.1 Å². The number of carbonyl (C=O) groups excluding carboxylic acids is 2. The molecule has 4 rings (SSSR count). The molecule has 1 heterocycles. The zero-order chi connectivity index (χ0) is 25.5. The van der Waals surface area contributed by atoms with Crippen molar-refractivity contribution >= 4 is 57.8 Å². The summed E-state index contributed by atoms with van der Waals surface area (Å²) in [6, 6.07) is 24.0. The molecule has 3 aromatic carbocycles. The highest BCUT2D eigenvalue weighted by Gasteiger charge is 2.40. The van der Waals surface area contributed by atoms with Gasteiger partial charge in [-0.25, -0.2) is 4.79 Å². The summed E-state index contributed by atoms with van der Waals surface area (Å²) in [5.41, 5.74) is 2.02. The van der Waals surface area contributed by atoms with Crippen LogP contribution in [0.5, 0.6) is 5.75 Å². The number of anilines is 1. The minimum absolute atomic E-state index is 0.131. The molecule has 1 atom stereocenters. The number of para-hydroxylation sites is 2. The third-order valence-electron chi connectivity index (χ3n) is 5.31. The molecule has 2 amide bonds. The number of aliphatic carboxylic acids is 1. The van der Waals surface area contributed by atoms with E-state index in [9.17, 15) is 19.5 Å². The fourth-order valence-corrected chi connectivity index (χ4v) is 4.96. The summed E-state index contributed by atoms with van der Waals surface area (Å²) in [6.07, 6.45) is 1.73. The molecule has 1 aliphatic heterocycles. The number of ether oxygens (including phenoxy) is 1. The smallest absolute Gasteiger partial charge is 0.327 e. The maximum atomic E-state index is 13.2. The number of carbonyl (C=O) groups is 3. The van der Waals surface area contributed by atoms with E-state index in [-0.39, 0.29) is 28.2 Å². The van der Waals surface area contributed by atoms with Crippen LogP contribution < -0.4 is 10.1 Å². The molecule has 7 nitrogen and oxygen atoms in total. The molecule has 0 aromatic heterocycles. The maximum absolute atomic E-state index is 13.2. The van der Waals surface area contributed by atoms with Gasteiger partial charge in [-0.2, -0.15) is 0 Å². The fraction of sp³-hybridized carbons (Fsp3) is 0.111. The van der Waals surface area contributed by atoms with Gasteiger partial charge in [0.2, 0.25) is 0 Å². The van der Waals surface area contributed by atoms with E-state index < -0.39 is 17.9 Å². The Balaban J connectivity index is 1.49. The van der Waals surface area contributed by atoms with Crippen LogP contribution in [0.3, 0.4) is 0 Å². The van der Waals surface area contributed by atoms with E-state index in [1.807, 2.05) is 48.5 Å². The largest absolute Gasteiger partial charge is 0.483 e. The Labute approximate surface area is 217 Å². The summed E-state index contributed by atoms with van der Waals surface area (Å²) >= 11 is 6.42. The molecule has 182 valence electrons. The number of hydrogen-bond acceptors (Lipinski definition) is 6. The Morgan fingerprint density at radius 2 is 1.64 bits per heavy atom. The fourth-order valence-electron chi connectivity index (χ4n) is 3.61. The Morgan fingerprint density at radius 3 is 2.33 bits per heavy atom. The monoisotopic (exact) mass is 518 g/mol. The van der Waals surface area contributed by atoms with Crippen molar-refractivity contribution in [3.05, 3.63) is 101 Å². The highest BCUT2D eigenvalue weighted by molar-refractivity contribution is 8.26. The average molecular weight is 519 g/mol. The third kappa shape index (κ3) is 6.18. The van der Waals surface area contributed by atoms with E-state index in [2.05, 4.69) is 5.32 Å². The summed E-state index contributed by atoms with van der Waals surface area (Å²) in [5.74, 6) is -1.54. The van der Waals surface area contributed by atoms with Gasteiger partial charge in [-0.05, 0) is 29.8 Å². The van der Waals surface area contributed by atoms with E-state index >= 15 is 0 Å². The minimum atomic E-state index is -1.13. The number of carboxylic acid groups (broad SMARTS) is 1. The molecule has 1 fully saturated rings. The Bertz CT molecular complexity index is 1310. The Kier molecular flexibility index (Phi) is 8.14. The minimum Gasteiger partial charge on any atom is -0.483 e. The summed E-state index contributed by atoms with van der Waals surface area (Å²) < 4.78 is 5.89. The molecule has 0 spiro atoms. The van der Waals surface area contributed by atoms with Crippen LogP contribution in [0, 0.1) is 0 Å². The molecule has 1 saturated heterocycles. The zero-order valence-corrected chi connectivity index (χ0v) is 20.6. The van der Waals surface area contributed by atoms with Crippen LogP contribution in [0.15, 0.2) is 89.8 Å². The normalized spacial score (nSPS) is 15.1. The van der Waals surface area contributed by atoms with E-state index in [1.165, 1.54) is 0 Å². The molecular formula is C27H22N2O5S2. The van der Waals surface area contributed by atoms with Gasteiger partial charge in [-0.1, -0.05) is 90.7 Å². The van der Waals surface area contributed by atoms with Crippen molar-refractivity contribution in [2.24, 2.45) is 0 Å². The highest BCUT2D eigenvalue weighted by atomic mass is 32.2. The van der Waals surface area contributed by atoms with Crippen LogP contribution in [0.4, 0.5) is 5.69 Å². The lowest BCUT2D eigenvalue weighted by Gasteiger charge is -2.23. The van der Waals surface area contributed by atoms with E-state index in [0.717, 1.165) is 22.2 Å². The topological polar surface area (TPSA) is 95.9 Å². The Hall–Kier alpha value is -3.95. The van der Waals surface area contributed by atoms with Crippen LogP contribution >= 0.6 is 24.0 Å². The Morgan fingerprint density at radius 1 is 1.00 bits per heavy atom. The second kappa shape index (κ2) is 11.7. The number of thioether (sulfide) groups is 1. The molecule has 0 radical (unpaired) electrons. The summed E-state index contributed by atoms with van der Waals surface area (Å²) in [4.78, 5) is 39.0. The first-order valence-electron chi connectivity index (χ1n) is 11.0. The molecule has 3 aromatic rings. The van der Waals surface area contributed by atoms with Crippen molar-refractivity contribution in [1.82, 2.24) is 4.90 Å². The summed E-state index contributed by atoms with van der Waals surface area (Å²) in [5, 5.41) is 12.6. The lowest BCUT2D eigenvalue weighted by molar-refractivity contribution is -0.145. The number of thiocarbonyl (C=S) groups is 1. The van der Waals surface area contributed by atoms with Gasteiger partial charge >= 0.3 is 5.97 Å². The molecule has 1 unspecified atom stereocenters. The second-order valence-electron chi connectivity index (χ2n) is 7.84. The molecular weight excluding hydrogens is 496 g/mol. The zero-order valence-electron chi connectivity index (χ0n) is 19.0. The van der Waals surface area contributed by atoms with Crippen molar-refractivity contribution in [2.75, 3.05) is 11.9 Å². The lowest BCUT2D eigenvalue weighted by Crippen LogP contribution is -2.45. The maximum Gasteiger partial charge on any atom is 0.327 e. The van der Waals surface area contributed by atoms with Gasteiger partial charge in [0.15, 0.2) is 6.61 Å². The van der Waals surface area contributed by atoms with Crippen molar-refractivity contribution in [2.45, 2.75) is 12.5 Å². The van der Waals surface area contributed by atoms with Crippen LogP contribution in [-0.4, -0.2) is 44.8 Å².